The minimum Gasteiger partial charge on any atom is -0.329 e. The molecule has 1 fully saturated rings. The number of hydrogen-bond donors (Lipinski definition) is 1. The van der Waals surface area contributed by atoms with Crippen molar-refractivity contribution in [3.8, 4) is 0 Å². The van der Waals surface area contributed by atoms with Crippen molar-refractivity contribution in [2.75, 3.05) is 13.1 Å². The van der Waals surface area contributed by atoms with E-state index in [1.54, 1.807) is 0 Å². The maximum Gasteiger partial charge on any atom is 0.0765 e. The normalized spacial score (nSPS) is 17.2. The zero-order valence-corrected chi connectivity index (χ0v) is 11.7. The van der Waals surface area contributed by atoms with Gasteiger partial charge in [-0.15, -0.1) is 0 Å². The average molecular weight is 250 g/mol. The molecule has 0 saturated heterocycles. The molecule has 0 aliphatic heterocycles. The van der Waals surface area contributed by atoms with E-state index in [-0.39, 0.29) is 0 Å². The van der Waals surface area contributed by atoms with Gasteiger partial charge in [-0.05, 0) is 32.8 Å². The zero-order chi connectivity index (χ0) is 13.0. The van der Waals surface area contributed by atoms with Gasteiger partial charge in [-0.2, -0.15) is 5.10 Å². The van der Waals surface area contributed by atoms with Crippen molar-refractivity contribution in [1.82, 2.24) is 14.7 Å². The summed E-state index contributed by atoms with van der Waals surface area (Å²) in [6, 6.07) is 3.30. The lowest BCUT2D eigenvalue weighted by molar-refractivity contribution is 0.192. The largest absolute Gasteiger partial charge is 0.329 e. The lowest BCUT2D eigenvalue weighted by Crippen LogP contribution is -2.36. The van der Waals surface area contributed by atoms with Gasteiger partial charge in [0.2, 0.25) is 0 Å². The highest BCUT2D eigenvalue weighted by Gasteiger charge is 2.22. The summed E-state index contributed by atoms with van der Waals surface area (Å²) in [6.07, 6.45) is 7.46. The summed E-state index contributed by atoms with van der Waals surface area (Å²) < 4.78 is 2.03. The molecule has 1 saturated carbocycles. The maximum absolute atomic E-state index is 5.74. The van der Waals surface area contributed by atoms with Crippen LogP contribution in [0.2, 0.25) is 0 Å². The van der Waals surface area contributed by atoms with E-state index >= 15 is 0 Å². The van der Waals surface area contributed by atoms with E-state index in [1.165, 1.54) is 31.4 Å². The van der Waals surface area contributed by atoms with E-state index in [0.29, 0.717) is 6.04 Å². The Bertz CT molecular complexity index is 352. The van der Waals surface area contributed by atoms with Gasteiger partial charge in [-0.3, -0.25) is 9.58 Å². The van der Waals surface area contributed by atoms with Gasteiger partial charge >= 0.3 is 0 Å². The second-order valence-corrected chi connectivity index (χ2v) is 5.58. The van der Waals surface area contributed by atoms with Gasteiger partial charge in [0.15, 0.2) is 0 Å². The summed E-state index contributed by atoms with van der Waals surface area (Å²) in [5.74, 6) is 0. The molecule has 2 rings (SSSR count). The fourth-order valence-corrected chi connectivity index (χ4v) is 2.78. The molecule has 0 atom stereocenters. The lowest BCUT2D eigenvalue weighted by Gasteiger charge is -2.27. The van der Waals surface area contributed by atoms with Gasteiger partial charge < -0.3 is 5.73 Å². The monoisotopic (exact) mass is 250 g/mol. The first kappa shape index (κ1) is 13.6. The van der Waals surface area contributed by atoms with Crippen LogP contribution in [-0.2, 0) is 6.54 Å². The molecule has 2 N–H and O–H groups in total. The van der Waals surface area contributed by atoms with Gasteiger partial charge in [0.1, 0.15) is 0 Å². The van der Waals surface area contributed by atoms with Gasteiger partial charge in [-0.1, -0.05) is 12.8 Å². The third kappa shape index (κ3) is 3.33. The van der Waals surface area contributed by atoms with Crippen molar-refractivity contribution >= 4 is 0 Å². The Morgan fingerprint density at radius 1 is 1.44 bits per heavy atom. The SMILES string of the molecule is CC(C)n1ccc(CN(CCN)C2CCCC2)n1. The van der Waals surface area contributed by atoms with Gasteiger partial charge in [-0.25, -0.2) is 0 Å². The second kappa shape index (κ2) is 6.34. The predicted octanol–water partition coefficient (Wildman–Crippen LogP) is 2.17. The minimum absolute atomic E-state index is 0.438. The van der Waals surface area contributed by atoms with Crippen molar-refractivity contribution in [2.45, 2.75) is 58.2 Å². The summed E-state index contributed by atoms with van der Waals surface area (Å²) in [5.41, 5.74) is 6.91. The van der Waals surface area contributed by atoms with Crippen LogP contribution in [0.25, 0.3) is 0 Å². The van der Waals surface area contributed by atoms with Crippen LogP contribution >= 0.6 is 0 Å². The predicted molar refractivity (Wildman–Crippen MR) is 74.3 cm³/mol. The molecule has 0 radical (unpaired) electrons. The number of aromatic nitrogens is 2. The Morgan fingerprint density at radius 2 is 2.17 bits per heavy atom. The molecule has 4 nitrogen and oxygen atoms in total. The van der Waals surface area contributed by atoms with Crippen molar-refractivity contribution in [3.05, 3.63) is 18.0 Å². The molecule has 1 aromatic rings. The van der Waals surface area contributed by atoms with Crippen LogP contribution in [0.4, 0.5) is 0 Å². The Morgan fingerprint density at radius 3 is 2.72 bits per heavy atom. The third-order valence-corrected chi connectivity index (χ3v) is 3.82. The first-order valence-electron chi connectivity index (χ1n) is 7.19. The molecular formula is C14H26N4. The van der Waals surface area contributed by atoms with Crippen LogP contribution in [-0.4, -0.2) is 33.8 Å². The van der Waals surface area contributed by atoms with Crippen LogP contribution in [0, 0.1) is 0 Å². The highest BCUT2D eigenvalue weighted by atomic mass is 15.3. The van der Waals surface area contributed by atoms with Crippen molar-refractivity contribution in [2.24, 2.45) is 5.73 Å². The molecule has 18 heavy (non-hydrogen) atoms. The van der Waals surface area contributed by atoms with E-state index in [4.69, 9.17) is 5.73 Å². The second-order valence-electron chi connectivity index (χ2n) is 5.58. The Balaban J connectivity index is 1.98. The molecule has 0 bridgehead atoms. The van der Waals surface area contributed by atoms with Gasteiger partial charge in [0.05, 0.1) is 5.69 Å². The summed E-state index contributed by atoms with van der Waals surface area (Å²) in [5, 5.41) is 4.64. The highest BCUT2D eigenvalue weighted by molar-refractivity contribution is 5.00. The van der Waals surface area contributed by atoms with Crippen LogP contribution in [0.3, 0.4) is 0 Å². The topological polar surface area (TPSA) is 47.1 Å². The Labute approximate surface area is 110 Å². The molecule has 102 valence electrons. The molecule has 0 unspecified atom stereocenters. The first-order chi connectivity index (χ1) is 8.70. The zero-order valence-electron chi connectivity index (χ0n) is 11.7. The fourth-order valence-electron chi connectivity index (χ4n) is 2.78. The summed E-state index contributed by atoms with van der Waals surface area (Å²) in [7, 11) is 0. The summed E-state index contributed by atoms with van der Waals surface area (Å²) in [6.45, 7) is 6.99. The maximum atomic E-state index is 5.74. The first-order valence-corrected chi connectivity index (χ1v) is 7.19. The highest BCUT2D eigenvalue weighted by Crippen LogP contribution is 2.24. The van der Waals surface area contributed by atoms with E-state index < -0.39 is 0 Å². The summed E-state index contributed by atoms with van der Waals surface area (Å²) >= 11 is 0. The molecule has 0 spiro atoms. The number of nitrogens with two attached hydrogens (primary N) is 1. The molecule has 1 aliphatic carbocycles. The molecular weight excluding hydrogens is 224 g/mol. The molecule has 1 aromatic heterocycles. The number of rotatable bonds is 6. The molecule has 0 aromatic carbocycles. The molecule has 1 heterocycles. The molecule has 4 heteroatoms. The van der Waals surface area contributed by atoms with Crippen LogP contribution < -0.4 is 5.73 Å². The van der Waals surface area contributed by atoms with Crippen molar-refractivity contribution < 1.29 is 0 Å². The standard InChI is InChI=1S/C14H26N4/c1-12(2)18-9-7-13(16-18)11-17(10-8-15)14-5-3-4-6-14/h7,9,12,14H,3-6,8,10-11,15H2,1-2H3. The van der Waals surface area contributed by atoms with Crippen molar-refractivity contribution in [3.63, 3.8) is 0 Å². The van der Waals surface area contributed by atoms with E-state index in [2.05, 4.69) is 36.1 Å². The Hall–Kier alpha value is -0.870. The Kier molecular flexibility index (Phi) is 4.78. The van der Waals surface area contributed by atoms with Crippen LogP contribution in [0.1, 0.15) is 51.3 Å². The fraction of sp³-hybridized carbons (Fsp3) is 0.786. The minimum atomic E-state index is 0.438. The van der Waals surface area contributed by atoms with Gasteiger partial charge in [0.25, 0.3) is 0 Å². The van der Waals surface area contributed by atoms with E-state index in [0.717, 1.165) is 25.7 Å². The molecule has 1 aliphatic rings. The number of hydrogen-bond acceptors (Lipinski definition) is 3. The average Bonchev–Trinajstić information content (AvgIpc) is 2.99. The van der Waals surface area contributed by atoms with Crippen LogP contribution in [0.5, 0.6) is 0 Å². The van der Waals surface area contributed by atoms with E-state index in [9.17, 15) is 0 Å². The van der Waals surface area contributed by atoms with Crippen LogP contribution in [0.15, 0.2) is 12.3 Å². The van der Waals surface area contributed by atoms with E-state index in [1.807, 2.05) is 4.68 Å². The van der Waals surface area contributed by atoms with Gasteiger partial charge in [0, 0.05) is 37.9 Å². The quantitative estimate of drug-likeness (QED) is 0.841. The summed E-state index contributed by atoms with van der Waals surface area (Å²) in [4.78, 5) is 2.51. The molecule has 0 amide bonds. The van der Waals surface area contributed by atoms with Crippen molar-refractivity contribution in [1.29, 1.82) is 0 Å². The third-order valence-electron chi connectivity index (χ3n) is 3.82. The lowest BCUT2D eigenvalue weighted by atomic mass is 10.2. The smallest absolute Gasteiger partial charge is 0.0765 e. The number of nitrogens with zero attached hydrogens (tertiary/aromatic N) is 3.